The first-order chi connectivity index (χ1) is 10.2. The lowest BCUT2D eigenvalue weighted by Gasteiger charge is -2.16. The van der Waals surface area contributed by atoms with Gasteiger partial charge in [-0.05, 0) is 54.6 Å². The first kappa shape index (κ1) is 13.3. The third kappa shape index (κ3) is 2.26. The van der Waals surface area contributed by atoms with Crippen LogP contribution in [0.4, 0.5) is 0 Å². The summed E-state index contributed by atoms with van der Waals surface area (Å²) < 4.78 is 0. The lowest BCUT2D eigenvalue weighted by atomic mass is 9.92. The number of hydrogen-bond donors (Lipinski definition) is 2. The van der Waals surface area contributed by atoms with Crippen molar-refractivity contribution >= 4 is 23.1 Å². The van der Waals surface area contributed by atoms with Gasteiger partial charge in [0.2, 0.25) is 5.91 Å². The molecule has 1 amide bonds. The summed E-state index contributed by atoms with van der Waals surface area (Å²) >= 11 is 5.11. The molecular weight excluding hydrogens is 280 g/mol. The molecule has 4 unspecified atom stereocenters. The topological polar surface area (TPSA) is 55.1 Å². The number of thiocarbonyl (C=S) groups is 1. The Morgan fingerprint density at radius 3 is 2.76 bits per heavy atom. The van der Waals surface area contributed by atoms with Gasteiger partial charge in [0, 0.05) is 5.92 Å². The number of nitrogens with two attached hydrogens (primary N) is 1. The van der Waals surface area contributed by atoms with Gasteiger partial charge in [0.1, 0.15) is 0 Å². The van der Waals surface area contributed by atoms with Crippen molar-refractivity contribution in [1.29, 1.82) is 0 Å². The molecule has 4 atom stereocenters. The Kier molecular flexibility index (Phi) is 3.03. The van der Waals surface area contributed by atoms with Crippen molar-refractivity contribution in [3.05, 3.63) is 35.4 Å². The van der Waals surface area contributed by atoms with Gasteiger partial charge in [0.15, 0.2) is 0 Å². The van der Waals surface area contributed by atoms with Crippen molar-refractivity contribution in [2.45, 2.75) is 37.6 Å². The third-order valence-electron chi connectivity index (χ3n) is 5.33. The normalized spacial score (nSPS) is 30.8. The van der Waals surface area contributed by atoms with Gasteiger partial charge in [0.05, 0.1) is 11.0 Å². The van der Waals surface area contributed by atoms with E-state index in [0.29, 0.717) is 22.7 Å². The molecule has 2 fully saturated rings. The number of carbonyl (C=O) groups excluding carboxylic acids is 1. The number of nitrogens with one attached hydrogen (secondary N) is 1. The number of carbonyl (C=O) groups is 1. The number of fused-ring (bicyclic) bond motifs is 3. The largest absolute Gasteiger partial charge is 0.392 e. The molecule has 110 valence electrons. The second-order valence-corrected chi connectivity index (χ2v) is 7.15. The third-order valence-corrected chi connectivity index (χ3v) is 5.58. The van der Waals surface area contributed by atoms with Crippen LogP contribution in [0.25, 0.3) is 0 Å². The van der Waals surface area contributed by atoms with Crippen LogP contribution >= 0.6 is 12.2 Å². The van der Waals surface area contributed by atoms with Crippen LogP contribution in [0.2, 0.25) is 0 Å². The van der Waals surface area contributed by atoms with Crippen molar-refractivity contribution in [1.82, 2.24) is 5.32 Å². The number of rotatable bonds is 4. The van der Waals surface area contributed by atoms with Crippen LogP contribution in [0.5, 0.6) is 0 Å². The molecule has 0 bridgehead atoms. The molecule has 3 nitrogen and oxygen atoms in total. The van der Waals surface area contributed by atoms with Crippen molar-refractivity contribution in [2.24, 2.45) is 23.5 Å². The van der Waals surface area contributed by atoms with E-state index in [1.807, 2.05) is 0 Å². The van der Waals surface area contributed by atoms with Gasteiger partial charge in [-0.3, -0.25) is 4.79 Å². The van der Waals surface area contributed by atoms with Crippen LogP contribution in [0, 0.1) is 17.8 Å². The Morgan fingerprint density at radius 2 is 2.05 bits per heavy atom. The Labute approximate surface area is 130 Å². The van der Waals surface area contributed by atoms with Gasteiger partial charge in [0.25, 0.3) is 0 Å². The molecule has 1 aromatic carbocycles. The average molecular weight is 300 g/mol. The molecule has 4 rings (SSSR count). The Morgan fingerprint density at radius 1 is 1.29 bits per heavy atom. The highest BCUT2D eigenvalue weighted by molar-refractivity contribution is 7.80. The second-order valence-electron chi connectivity index (χ2n) is 6.68. The van der Waals surface area contributed by atoms with E-state index in [9.17, 15) is 4.79 Å². The summed E-state index contributed by atoms with van der Waals surface area (Å²) in [6, 6.07) is 8.46. The summed E-state index contributed by atoms with van der Waals surface area (Å²) in [5, 5.41) is 3.12. The fraction of sp³-hybridized carbons (Fsp3) is 0.529. The van der Waals surface area contributed by atoms with Gasteiger partial charge in [-0.2, -0.15) is 0 Å². The lowest BCUT2D eigenvalue weighted by molar-refractivity contribution is -0.123. The van der Waals surface area contributed by atoms with Crippen LogP contribution in [0.3, 0.4) is 0 Å². The summed E-state index contributed by atoms with van der Waals surface area (Å²) in [5.74, 6) is 1.70. The standard InChI is InChI=1S/C17H20N2OS/c18-16(21)15(10-5-6-10)19-17(20)14-12-8-7-9-3-1-2-4-11(9)13(12)14/h1-4,10,12-15H,5-8H2,(H2,18,21)(H,19,20). The average Bonchev–Trinajstić information content (AvgIpc) is 3.36. The summed E-state index contributed by atoms with van der Waals surface area (Å²) in [6.07, 6.45) is 4.48. The van der Waals surface area contributed by atoms with Crippen LogP contribution in [-0.2, 0) is 11.2 Å². The lowest BCUT2D eigenvalue weighted by Crippen LogP contribution is -2.45. The van der Waals surface area contributed by atoms with Crippen LogP contribution in [0.1, 0.15) is 36.3 Å². The molecule has 0 radical (unpaired) electrons. The fourth-order valence-corrected chi connectivity index (χ4v) is 4.28. The molecular formula is C17H20N2OS. The summed E-state index contributed by atoms with van der Waals surface area (Å²) in [6.45, 7) is 0. The van der Waals surface area contributed by atoms with Crippen molar-refractivity contribution in [2.75, 3.05) is 0 Å². The minimum Gasteiger partial charge on any atom is -0.392 e. The number of hydrogen-bond acceptors (Lipinski definition) is 2. The van der Waals surface area contributed by atoms with Crippen molar-refractivity contribution < 1.29 is 4.79 Å². The van der Waals surface area contributed by atoms with Crippen LogP contribution in [-0.4, -0.2) is 16.9 Å². The molecule has 0 saturated heterocycles. The van der Waals surface area contributed by atoms with E-state index in [4.69, 9.17) is 18.0 Å². The maximum absolute atomic E-state index is 12.6. The highest BCUT2D eigenvalue weighted by atomic mass is 32.1. The van der Waals surface area contributed by atoms with Gasteiger partial charge >= 0.3 is 0 Å². The van der Waals surface area contributed by atoms with E-state index in [1.165, 1.54) is 11.1 Å². The van der Waals surface area contributed by atoms with E-state index in [2.05, 4.69) is 29.6 Å². The summed E-state index contributed by atoms with van der Waals surface area (Å²) in [4.78, 5) is 13.0. The van der Waals surface area contributed by atoms with E-state index in [1.54, 1.807) is 0 Å². The van der Waals surface area contributed by atoms with Gasteiger partial charge in [-0.1, -0.05) is 36.5 Å². The zero-order chi connectivity index (χ0) is 14.6. The second kappa shape index (κ2) is 4.80. The summed E-state index contributed by atoms with van der Waals surface area (Å²) in [5.41, 5.74) is 8.59. The molecule has 2 saturated carbocycles. The van der Waals surface area contributed by atoms with E-state index < -0.39 is 0 Å². The quantitative estimate of drug-likeness (QED) is 0.838. The van der Waals surface area contributed by atoms with Crippen molar-refractivity contribution in [3.8, 4) is 0 Å². The first-order valence-corrected chi connectivity index (χ1v) is 8.25. The summed E-state index contributed by atoms with van der Waals surface area (Å²) in [7, 11) is 0. The maximum Gasteiger partial charge on any atom is 0.224 e. The highest BCUT2D eigenvalue weighted by Crippen LogP contribution is 2.59. The molecule has 0 spiro atoms. The molecule has 4 heteroatoms. The molecule has 0 aromatic heterocycles. The number of amides is 1. The van der Waals surface area contributed by atoms with E-state index in [0.717, 1.165) is 25.7 Å². The minimum atomic E-state index is -0.0922. The Hall–Kier alpha value is -1.42. The highest BCUT2D eigenvalue weighted by Gasteiger charge is 2.57. The number of benzene rings is 1. The monoisotopic (exact) mass is 300 g/mol. The molecule has 0 heterocycles. The van der Waals surface area contributed by atoms with Gasteiger partial charge < -0.3 is 11.1 Å². The molecule has 3 N–H and O–H groups in total. The van der Waals surface area contributed by atoms with Crippen LogP contribution in [0.15, 0.2) is 24.3 Å². The Bertz CT molecular complexity index is 611. The molecule has 21 heavy (non-hydrogen) atoms. The molecule has 3 aliphatic rings. The SMILES string of the molecule is NC(=S)C(NC(=O)C1C2CCc3ccccc3C21)C1CC1. The maximum atomic E-state index is 12.6. The zero-order valence-corrected chi connectivity index (χ0v) is 12.7. The molecule has 3 aliphatic carbocycles. The number of aryl methyl sites for hydroxylation is 1. The van der Waals surface area contributed by atoms with Gasteiger partial charge in [-0.25, -0.2) is 0 Å². The molecule has 0 aliphatic heterocycles. The zero-order valence-electron chi connectivity index (χ0n) is 11.9. The first-order valence-electron chi connectivity index (χ1n) is 7.84. The van der Waals surface area contributed by atoms with Gasteiger partial charge in [-0.15, -0.1) is 0 Å². The van der Waals surface area contributed by atoms with E-state index in [-0.39, 0.29) is 17.9 Å². The smallest absolute Gasteiger partial charge is 0.224 e. The van der Waals surface area contributed by atoms with Crippen LogP contribution < -0.4 is 11.1 Å². The van der Waals surface area contributed by atoms with E-state index >= 15 is 0 Å². The van der Waals surface area contributed by atoms with Crippen molar-refractivity contribution in [3.63, 3.8) is 0 Å². The molecule has 1 aromatic rings. The minimum absolute atomic E-state index is 0.0922. The predicted octanol–water partition coefficient (Wildman–Crippen LogP) is 2.14. The predicted molar refractivity (Wildman–Crippen MR) is 85.9 cm³/mol. The fourth-order valence-electron chi connectivity index (χ4n) is 4.02. The Balaban J connectivity index is 1.49.